The van der Waals surface area contributed by atoms with Crippen molar-refractivity contribution >= 4 is 56.3 Å². The van der Waals surface area contributed by atoms with Crippen molar-refractivity contribution in [2.45, 2.75) is 0 Å². The first-order chi connectivity index (χ1) is 24.6. The Balaban J connectivity index is 1.42. The highest BCUT2D eigenvalue weighted by Gasteiger charge is 2.41. The second-order valence-corrected chi connectivity index (χ2v) is 16.1. The minimum atomic E-state index is -2.91. The summed E-state index contributed by atoms with van der Waals surface area (Å²) < 4.78 is 2.12. The molecule has 1 heterocycles. The molecule has 0 saturated carbocycles. The predicted molar refractivity (Wildman–Crippen MR) is 206 cm³/mol. The molecule has 50 heavy (non-hydrogen) atoms. The van der Waals surface area contributed by atoms with Gasteiger partial charge in [-0.2, -0.15) is 10.5 Å². The fourth-order valence-corrected chi connectivity index (χ4v) is 12.2. The van der Waals surface area contributed by atoms with Crippen molar-refractivity contribution in [3.05, 3.63) is 192 Å². The molecule has 0 aliphatic carbocycles. The van der Waals surface area contributed by atoms with Crippen LogP contribution in [0.2, 0.25) is 0 Å². The normalized spacial score (nSPS) is 11.1. The van der Waals surface area contributed by atoms with Gasteiger partial charge in [-0.25, -0.2) is 4.85 Å². The first-order valence-corrected chi connectivity index (χ1v) is 18.3. The third-order valence-corrected chi connectivity index (χ3v) is 14.3. The standard InChI is InChI=1S/C45H28N4Si/c1-48-42-23-22-34(29-45(42)49-43-20-12-11-19-40(43)41-27-32(30-46)21-24-44(41)49)35-25-33(31-47)26-39(28-35)50(36-13-5-2-6-14-36,37-15-7-3-8-16-37)38-17-9-4-10-18-38/h2-29H. The SMILES string of the molecule is [C-]#[N+]c1ccc(-c2cc(C#N)cc([Si](c3ccccc3)(c3ccccc3)c3ccccc3)c2)cc1-n1c2ccccc2c2cc(C#N)ccc21. The Kier molecular flexibility index (Phi) is 7.63. The van der Waals surface area contributed by atoms with Crippen LogP contribution in [-0.2, 0) is 0 Å². The fourth-order valence-electron chi connectivity index (χ4n) is 7.42. The minimum absolute atomic E-state index is 0.513. The summed E-state index contributed by atoms with van der Waals surface area (Å²) in [4.78, 5) is 3.95. The van der Waals surface area contributed by atoms with Crippen LogP contribution in [0, 0.1) is 29.2 Å². The number of benzene rings is 7. The number of hydrogen-bond donors (Lipinski definition) is 0. The summed E-state index contributed by atoms with van der Waals surface area (Å²) in [5.74, 6) is 0. The van der Waals surface area contributed by atoms with Crippen molar-refractivity contribution in [2.24, 2.45) is 0 Å². The number of para-hydroxylation sites is 1. The molecule has 7 aromatic carbocycles. The molecular weight excluding hydrogens is 625 g/mol. The number of fused-ring (bicyclic) bond motifs is 3. The van der Waals surface area contributed by atoms with Gasteiger partial charge in [-0.05, 0) is 74.3 Å². The number of nitriles is 2. The highest BCUT2D eigenvalue weighted by Crippen LogP contribution is 2.38. The van der Waals surface area contributed by atoms with Crippen LogP contribution in [0.3, 0.4) is 0 Å². The number of aromatic nitrogens is 1. The predicted octanol–water partition coefficient (Wildman–Crippen LogP) is 8.12. The maximum absolute atomic E-state index is 10.5. The van der Waals surface area contributed by atoms with E-state index >= 15 is 0 Å². The maximum atomic E-state index is 10.5. The van der Waals surface area contributed by atoms with Gasteiger partial charge in [0.2, 0.25) is 5.69 Å². The van der Waals surface area contributed by atoms with Crippen LogP contribution in [-0.4, -0.2) is 12.6 Å². The van der Waals surface area contributed by atoms with Crippen molar-refractivity contribution in [3.63, 3.8) is 0 Å². The number of hydrogen-bond acceptors (Lipinski definition) is 2. The topological polar surface area (TPSA) is 56.9 Å². The molecular formula is C45H28N4Si. The van der Waals surface area contributed by atoms with Crippen LogP contribution < -0.4 is 20.7 Å². The molecule has 1 aromatic heterocycles. The highest BCUT2D eigenvalue weighted by atomic mass is 28.3. The van der Waals surface area contributed by atoms with Gasteiger partial charge >= 0.3 is 0 Å². The summed E-state index contributed by atoms with van der Waals surface area (Å²) in [6, 6.07) is 62.7. The number of nitrogens with zero attached hydrogens (tertiary/aromatic N) is 4. The Labute approximate surface area is 291 Å². The third kappa shape index (κ3) is 4.88. The summed E-state index contributed by atoms with van der Waals surface area (Å²) in [7, 11) is -2.91. The Morgan fingerprint density at radius 3 is 1.66 bits per heavy atom. The molecule has 0 radical (unpaired) electrons. The lowest BCUT2D eigenvalue weighted by atomic mass is 10.0. The maximum Gasteiger partial charge on any atom is 0.210 e. The van der Waals surface area contributed by atoms with Gasteiger partial charge in [0.1, 0.15) is 0 Å². The van der Waals surface area contributed by atoms with Gasteiger partial charge in [-0.15, -0.1) is 0 Å². The lowest BCUT2D eigenvalue weighted by molar-refractivity contribution is 1.19. The van der Waals surface area contributed by atoms with Crippen LogP contribution in [0.1, 0.15) is 11.1 Å². The van der Waals surface area contributed by atoms with E-state index in [9.17, 15) is 10.5 Å². The van der Waals surface area contributed by atoms with E-state index in [1.807, 2.05) is 66.7 Å². The van der Waals surface area contributed by atoms with Crippen LogP contribution in [0.15, 0.2) is 170 Å². The smallest absolute Gasteiger partial charge is 0.210 e. The van der Waals surface area contributed by atoms with E-state index in [-0.39, 0.29) is 0 Å². The molecule has 0 spiro atoms. The molecule has 0 amide bonds. The zero-order chi connectivity index (χ0) is 34.1. The van der Waals surface area contributed by atoms with Gasteiger partial charge in [0, 0.05) is 10.8 Å². The van der Waals surface area contributed by atoms with E-state index in [0.717, 1.165) is 43.8 Å². The van der Waals surface area contributed by atoms with Crippen molar-refractivity contribution in [1.29, 1.82) is 10.5 Å². The molecule has 0 aliphatic rings. The van der Waals surface area contributed by atoms with Crippen molar-refractivity contribution in [2.75, 3.05) is 0 Å². The zero-order valence-corrected chi connectivity index (χ0v) is 28.0. The summed E-state index contributed by atoms with van der Waals surface area (Å²) in [6.07, 6.45) is 0. The molecule has 0 N–H and O–H groups in total. The summed E-state index contributed by atoms with van der Waals surface area (Å²) in [5.41, 5.74) is 6.11. The van der Waals surface area contributed by atoms with Gasteiger partial charge in [-0.3, -0.25) is 0 Å². The van der Waals surface area contributed by atoms with Crippen molar-refractivity contribution in [3.8, 4) is 29.0 Å². The molecule has 0 unspecified atom stereocenters. The van der Waals surface area contributed by atoms with Gasteiger partial charge in [0.15, 0.2) is 8.07 Å². The van der Waals surface area contributed by atoms with Crippen LogP contribution in [0.4, 0.5) is 5.69 Å². The van der Waals surface area contributed by atoms with E-state index in [1.165, 1.54) is 15.6 Å². The Morgan fingerprint density at radius 2 is 1.06 bits per heavy atom. The lowest BCUT2D eigenvalue weighted by Gasteiger charge is -2.34. The Morgan fingerprint density at radius 1 is 0.480 bits per heavy atom. The van der Waals surface area contributed by atoms with Crippen LogP contribution >= 0.6 is 0 Å². The Bertz CT molecular complexity index is 2580. The van der Waals surface area contributed by atoms with Gasteiger partial charge in [-0.1, -0.05) is 127 Å². The highest BCUT2D eigenvalue weighted by molar-refractivity contribution is 7.19. The lowest BCUT2D eigenvalue weighted by Crippen LogP contribution is -2.74. The van der Waals surface area contributed by atoms with E-state index in [2.05, 4.69) is 125 Å². The summed E-state index contributed by atoms with van der Waals surface area (Å²) in [5, 5.41) is 26.9. The van der Waals surface area contributed by atoms with Crippen molar-refractivity contribution in [1.82, 2.24) is 4.57 Å². The largest absolute Gasteiger partial charge is 0.319 e. The van der Waals surface area contributed by atoms with Crippen LogP contribution in [0.25, 0.3) is 43.5 Å². The molecule has 4 nitrogen and oxygen atoms in total. The number of rotatable bonds is 6. The third-order valence-electron chi connectivity index (χ3n) is 9.59. The molecule has 0 aliphatic heterocycles. The minimum Gasteiger partial charge on any atom is -0.319 e. The van der Waals surface area contributed by atoms with E-state index < -0.39 is 8.07 Å². The second kappa shape index (κ2) is 12.6. The Hall–Kier alpha value is -6.97. The average molecular weight is 653 g/mol. The zero-order valence-electron chi connectivity index (χ0n) is 27.0. The molecule has 8 rings (SSSR count). The quantitative estimate of drug-likeness (QED) is 0.104. The van der Waals surface area contributed by atoms with Gasteiger partial charge in [0.25, 0.3) is 0 Å². The monoisotopic (exact) mass is 652 g/mol. The molecule has 0 atom stereocenters. The van der Waals surface area contributed by atoms with Crippen molar-refractivity contribution < 1.29 is 0 Å². The van der Waals surface area contributed by atoms with Gasteiger partial charge < -0.3 is 4.57 Å². The van der Waals surface area contributed by atoms with Crippen LogP contribution in [0.5, 0.6) is 0 Å². The average Bonchev–Trinajstić information content (AvgIpc) is 3.52. The molecule has 5 heteroatoms. The molecule has 0 saturated heterocycles. The summed E-state index contributed by atoms with van der Waals surface area (Å²) in [6.45, 7) is 8.14. The van der Waals surface area contributed by atoms with E-state index in [1.54, 1.807) is 0 Å². The van der Waals surface area contributed by atoms with E-state index in [0.29, 0.717) is 16.8 Å². The molecule has 232 valence electrons. The molecule has 0 fully saturated rings. The van der Waals surface area contributed by atoms with Gasteiger partial charge in [0.05, 0.1) is 46.6 Å². The summed E-state index contributed by atoms with van der Waals surface area (Å²) >= 11 is 0. The molecule has 8 aromatic rings. The molecule has 0 bridgehead atoms. The first-order valence-electron chi connectivity index (χ1n) is 16.3. The first kappa shape index (κ1) is 30.4. The van der Waals surface area contributed by atoms with E-state index in [4.69, 9.17) is 6.57 Å². The fraction of sp³-hybridized carbons (Fsp3) is 0. The second-order valence-electron chi connectivity index (χ2n) is 12.3.